The van der Waals surface area contributed by atoms with Crippen LogP contribution in [0.5, 0.6) is 0 Å². The fourth-order valence-corrected chi connectivity index (χ4v) is 2.18. The summed E-state index contributed by atoms with van der Waals surface area (Å²) in [4.78, 5) is 0. The monoisotopic (exact) mass is 224 g/mol. The Kier molecular flexibility index (Phi) is 3.30. The summed E-state index contributed by atoms with van der Waals surface area (Å²) in [6.07, 6.45) is 2.31. The highest BCUT2D eigenvalue weighted by Crippen LogP contribution is 2.23. The maximum absolute atomic E-state index is 10.3. The summed E-state index contributed by atoms with van der Waals surface area (Å²) < 4.78 is 7.24. The van der Waals surface area contributed by atoms with Crippen LogP contribution in [-0.4, -0.2) is 33.7 Å². The fraction of sp³-hybridized carbons (Fsp3) is 0.750. The molecule has 0 amide bonds. The van der Waals surface area contributed by atoms with E-state index in [0.29, 0.717) is 19.6 Å². The maximum Gasteiger partial charge on any atom is 0.0956 e. The van der Waals surface area contributed by atoms with Gasteiger partial charge in [0, 0.05) is 31.7 Å². The Labute approximate surface area is 96.2 Å². The van der Waals surface area contributed by atoms with Crippen molar-refractivity contribution >= 4 is 0 Å². The normalized spacial score (nSPS) is 25.2. The maximum atomic E-state index is 10.3. The first-order chi connectivity index (χ1) is 7.67. The van der Waals surface area contributed by atoms with Gasteiger partial charge in [0.1, 0.15) is 0 Å². The molecule has 16 heavy (non-hydrogen) atoms. The van der Waals surface area contributed by atoms with Crippen molar-refractivity contribution in [3.63, 3.8) is 0 Å². The zero-order chi connectivity index (χ0) is 11.6. The Balaban J connectivity index is 2.16. The highest BCUT2D eigenvalue weighted by molar-refractivity contribution is 5.13. The molecule has 0 aromatic carbocycles. The molecule has 4 heteroatoms. The largest absolute Gasteiger partial charge is 0.387 e. The molecule has 0 spiro atoms. The first-order valence-electron chi connectivity index (χ1n) is 6.02. The molecule has 2 heterocycles. The van der Waals surface area contributed by atoms with Gasteiger partial charge >= 0.3 is 0 Å². The molecule has 1 aromatic heterocycles. The lowest BCUT2D eigenvalue weighted by atomic mass is 9.97. The van der Waals surface area contributed by atoms with Gasteiger partial charge in [0.15, 0.2) is 0 Å². The number of aliphatic hydroxyl groups is 1. The highest BCUT2D eigenvalue weighted by Gasteiger charge is 2.33. The third-order valence-corrected chi connectivity index (χ3v) is 3.17. The molecule has 1 atom stereocenters. The Morgan fingerprint density at radius 3 is 2.94 bits per heavy atom. The Morgan fingerprint density at radius 1 is 1.56 bits per heavy atom. The number of aryl methyl sites for hydroxylation is 2. The molecule has 4 nitrogen and oxygen atoms in total. The van der Waals surface area contributed by atoms with Crippen LogP contribution in [0.25, 0.3) is 0 Å². The van der Waals surface area contributed by atoms with Gasteiger partial charge in [-0.3, -0.25) is 4.68 Å². The lowest BCUT2D eigenvalue weighted by molar-refractivity contribution is 0.0254. The van der Waals surface area contributed by atoms with Gasteiger partial charge < -0.3 is 9.84 Å². The summed E-state index contributed by atoms with van der Waals surface area (Å²) in [5, 5.41) is 14.8. The number of nitrogens with zero attached hydrogens (tertiary/aromatic N) is 2. The van der Waals surface area contributed by atoms with Gasteiger partial charge in [-0.15, -0.1) is 0 Å². The van der Waals surface area contributed by atoms with Gasteiger partial charge in [0.05, 0.1) is 17.9 Å². The van der Waals surface area contributed by atoms with E-state index in [1.54, 1.807) is 0 Å². The van der Waals surface area contributed by atoms with Crippen molar-refractivity contribution in [1.29, 1.82) is 0 Å². The van der Waals surface area contributed by atoms with Gasteiger partial charge in [-0.2, -0.15) is 5.10 Å². The quantitative estimate of drug-likeness (QED) is 0.835. The third-order valence-electron chi connectivity index (χ3n) is 3.17. The van der Waals surface area contributed by atoms with Crippen LogP contribution in [0.1, 0.15) is 31.7 Å². The number of aromatic nitrogens is 2. The molecule has 1 aromatic rings. The minimum atomic E-state index is -0.683. The van der Waals surface area contributed by atoms with Crippen molar-refractivity contribution in [2.24, 2.45) is 0 Å². The molecule has 1 unspecified atom stereocenters. The number of ether oxygens (including phenoxy) is 1. The number of rotatable bonds is 4. The molecule has 0 saturated carbocycles. The molecule has 0 aliphatic carbocycles. The van der Waals surface area contributed by atoms with Gasteiger partial charge in [0.25, 0.3) is 0 Å². The zero-order valence-electron chi connectivity index (χ0n) is 10.1. The van der Waals surface area contributed by atoms with E-state index in [1.165, 1.54) is 0 Å². The molecular formula is C12H20N2O2. The Bertz CT molecular complexity index is 354. The average Bonchev–Trinajstić information content (AvgIpc) is 2.85. The summed E-state index contributed by atoms with van der Waals surface area (Å²) in [6.45, 7) is 6.14. The number of hydrogen-bond acceptors (Lipinski definition) is 3. The van der Waals surface area contributed by atoms with Crippen LogP contribution < -0.4 is 0 Å². The second-order valence-corrected chi connectivity index (χ2v) is 4.50. The minimum Gasteiger partial charge on any atom is -0.387 e. The minimum absolute atomic E-state index is 0.448. The van der Waals surface area contributed by atoms with Crippen molar-refractivity contribution in [2.75, 3.05) is 13.2 Å². The predicted octanol–water partition coefficient (Wildman–Crippen LogP) is 1.16. The highest BCUT2D eigenvalue weighted by atomic mass is 16.5. The average molecular weight is 224 g/mol. The molecule has 1 fully saturated rings. The van der Waals surface area contributed by atoms with Gasteiger partial charge in [0.2, 0.25) is 0 Å². The van der Waals surface area contributed by atoms with Gasteiger partial charge in [-0.1, -0.05) is 6.92 Å². The summed E-state index contributed by atoms with van der Waals surface area (Å²) in [5.74, 6) is 0. The summed E-state index contributed by atoms with van der Waals surface area (Å²) in [5.41, 5.74) is 1.53. The lowest BCUT2D eigenvalue weighted by Crippen LogP contribution is -2.32. The van der Waals surface area contributed by atoms with E-state index in [1.807, 2.05) is 4.68 Å². The van der Waals surface area contributed by atoms with Crippen LogP contribution in [0.2, 0.25) is 0 Å². The van der Waals surface area contributed by atoms with E-state index in [2.05, 4.69) is 25.0 Å². The van der Waals surface area contributed by atoms with E-state index in [-0.39, 0.29) is 0 Å². The molecule has 2 rings (SSSR count). The fourth-order valence-electron chi connectivity index (χ4n) is 2.18. The SMILES string of the molecule is CCc1cc(CC2(O)CCOC2)n(CC)n1. The van der Waals surface area contributed by atoms with Gasteiger partial charge in [-0.05, 0) is 19.4 Å². The van der Waals surface area contributed by atoms with Crippen LogP contribution in [-0.2, 0) is 24.1 Å². The van der Waals surface area contributed by atoms with E-state index >= 15 is 0 Å². The van der Waals surface area contributed by atoms with Gasteiger partial charge in [-0.25, -0.2) is 0 Å². The van der Waals surface area contributed by atoms with Crippen LogP contribution >= 0.6 is 0 Å². The zero-order valence-corrected chi connectivity index (χ0v) is 10.1. The van der Waals surface area contributed by atoms with Crippen LogP contribution in [0, 0.1) is 0 Å². The van der Waals surface area contributed by atoms with Crippen molar-refractivity contribution in [3.05, 3.63) is 17.5 Å². The molecule has 0 bridgehead atoms. The molecular weight excluding hydrogens is 204 g/mol. The van der Waals surface area contributed by atoms with Crippen LogP contribution in [0.3, 0.4) is 0 Å². The first-order valence-corrected chi connectivity index (χ1v) is 6.02. The first kappa shape index (κ1) is 11.6. The molecule has 90 valence electrons. The van der Waals surface area contributed by atoms with E-state index < -0.39 is 5.60 Å². The van der Waals surface area contributed by atoms with Crippen LogP contribution in [0.15, 0.2) is 6.07 Å². The number of hydrogen-bond donors (Lipinski definition) is 1. The third kappa shape index (κ3) is 2.28. The summed E-state index contributed by atoms with van der Waals surface area (Å²) in [6, 6.07) is 2.10. The molecule has 0 radical (unpaired) electrons. The predicted molar refractivity (Wildman–Crippen MR) is 61.4 cm³/mol. The van der Waals surface area contributed by atoms with Crippen LogP contribution in [0.4, 0.5) is 0 Å². The standard InChI is InChI=1S/C12H20N2O2/c1-3-10-7-11(14(4-2)13-10)8-12(15)5-6-16-9-12/h7,15H,3-6,8-9H2,1-2H3. The molecule has 1 aliphatic heterocycles. The van der Waals surface area contributed by atoms with Crippen molar-refractivity contribution in [1.82, 2.24) is 9.78 Å². The van der Waals surface area contributed by atoms with E-state index in [9.17, 15) is 5.11 Å². The lowest BCUT2D eigenvalue weighted by Gasteiger charge is -2.20. The summed E-state index contributed by atoms with van der Waals surface area (Å²) in [7, 11) is 0. The topological polar surface area (TPSA) is 47.3 Å². The van der Waals surface area contributed by atoms with Crippen molar-refractivity contribution in [2.45, 2.75) is 45.3 Å². The van der Waals surface area contributed by atoms with Crippen molar-refractivity contribution < 1.29 is 9.84 Å². The molecule has 1 aliphatic rings. The second-order valence-electron chi connectivity index (χ2n) is 4.50. The second kappa shape index (κ2) is 4.55. The Hall–Kier alpha value is -0.870. The summed E-state index contributed by atoms with van der Waals surface area (Å²) >= 11 is 0. The Morgan fingerprint density at radius 2 is 2.38 bits per heavy atom. The molecule has 1 saturated heterocycles. The molecule has 1 N–H and O–H groups in total. The van der Waals surface area contributed by atoms with E-state index in [4.69, 9.17) is 4.74 Å². The van der Waals surface area contributed by atoms with E-state index in [0.717, 1.165) is 30.8 Å². The smallest absolute Gasteiger partial charge is 0.0956 e. The van der Waals surface area contributed by atoms with Crippen molar-refractivity contribution in [3.8, 4) is 0 Å².